The lowest BCUT2D eigenvalue weighted by Crippen LogP contribution is -1.92. The summed E-state index contributed by atoms with van der Waals surface area (Å²) in [7, 11) is 1.49. The first kappa shape index (κ1) is 12.3. The molecule has 4 nitrogen and oxygen atoms in total. The number of aromatic hydroxyl groups is 1. The summed E-state index contributed by atoms with van der Waals surface area (Å²) >= 11 is 0. The maximum atomic E-state index is 11.7. The van der Waals surface area contributed by atoms with E-state index in [2.05, 4.69) is 0 Å². The third kappa shape index (κ3) is 2.01. The highest BCUT2D eigenvalue weighted by Gasteiger charge is 2.25. The molecule has 100 valence electrons. The van der Waals surface area contributed by atoms with Crippen molar-refractivity contribution in [1.82, 2.24) is 0 Å². The van der Waals surface area contributed by atoms with E-state index in [1.54, 1.807) is 36.4 Å². The van der Waals surface area contributed by atoms with Crippen LogP contribution in [0.3, 0.4) is 0 Å². The van der Waals surface area contributed by atoms with E-state index in [0.29, 0.717) is 17.1 Å². The Morgan fingerprint density at radius 3 is 2.60 bits per heavy atom. The number of cyclic esters (lactones) is 1. The molecule has 4 heteroatoms. The fraction of sp³-hybridized carbons (Fsp3) is 0.0625. The van der Waals surface area contributed by atoms with Gasteiger partial charge in [0.25, 0.3) is 0 Å². The van der Waals surface area contributed by atoms with Gasteiger partial charge in [0.15, 0.2) is 11.5 Å². The Kier molecular flexibility index (Phi) is 2.91. The van der Waals surface area contributed by atoms with Gasteiger partial charge in [-0.15, -0.1) is 0 Å². The Balaban J connectivity index is 2.02. The maximum Gasteiger partial charge on any atom is 0.344 e. The molecular formula is C16H12O4. The van der Waals surface area contributed by atoms with Crippen LogP contribution < -0.4 is 4.74 Å². The highest BCUT2D eigenvalue weighted by atomic mass is 16.5. The Bertz CT molecular complexity index is 716. The fourth-order valence-corrected chi connectivity index (χ4v) is 2.14. The van der Waals surface area contributed by atoms with Gasteiger partial charge in [-0.1, -0.05) is 24.3 Å². The minimum absolute atomic E-state index is 0.0412. The number of benzene rings is 2. The van der Waals surface area contributed by atoms with Gasteiger partial charge in [-0.2, -0.15) is 0 Å². The molecule has 0 radical (unpaired) electrons. The standard InChI is InChI=1S/C16H12O4/c1-19-14-7-6-10(8-13(14)17)9-15-11-4-2-3-5-12(11)16(18)20-15/h2-9,17H,1H3/b15-9-. The first-order chi connectivity index (χ1) is 9.69. The molecule has 2 aromatic rings. The molecule has 0 spiro atoms. The molecule has 0 fully saturated rings. The van der Waals surface area contributed by atoms with Crippen molar-refractivity contribution in [3.05, 3.63) is 59.2 Å². The van der Waals surface area contributed by atoms with Crippen molar-refractivity contribution >= 4 is 17.8 Å². The number of fused-ring (bicyclic) bond motifs is 1. The van der Waals surface area contributed by atoms with Crippen molar-refractivity contribution in [3.63, 3.8) is 0 Å². The van der Waals surface area contributed by atoms with Gasteiger partial charge in [-0.3, -0.25) is 0 Å². The van der Waals surface area contributed by atoms with E-state index in [-0.39, 0.29) is 11.7 Å². The summed E-state index contributed by atoms with van der Waals surface area (Å²) in [4.78, 5) is 11.7. The molecule has 3 rings (SSSR count). The molecule has 1 aliphatic heterocycles. The Hall–Kier alpha value is -2.75. The van der Waals surface area contributed by atoms with Crippen LogP contribution in [0.1, 0.15) is 21.5 Å². The number of esters is 1. The molecule has 0 saturated carbocycles. The lowest BCUT2D eigenvalue weighted by Gasteiger charge is -2.04. The van der Waals surface area contributed by atoms with Crippen molar-refractivity contribution in [1.29, 1.82) is 0 Å². The van der Waals surface area contributed by atoms with E-state index in [0.717, 1.165) is 11.1 Å². The van der Waals surface area contributed by atoms with Gasteiger partial charge in [-0.25, -0.2) is 4.79 Å². The average Bonchev–Trinajstić information content (AvgIpc) is 2.76. The lowest BCUT2D eigenvalue weighted by atomic mass is 10.1. The third-order valence-electron chi connectivity index (χ3n) is 3.12. The molecule has 20 heavy (non-hydrogen) atoms. The quantitative estimate of drug-likeness (QED) is 0.850. The van der Waals surface area contributed by atoms with E-state index in [1.165, 1.54) is 7.11 Å². The number of hydrogen-bond acceptors (Lipinski definition) is 4. The van der Waals surface area contributed by atoms with Crippen LogP contribution in [0.2, 0.25) is 0 Å². The summed E-state index contributed by atoms with van der Waals surface area (Å²) in [5.41, 5.74) is 2.03. The monoisotopic (exact) mass is 268 g/mol. The maximum absolute atomic E-state index is 11.7. The van der Waals surface area contributed by atoms with Gasteiger partial charge in [-0.05, 0) is 29.8 Å². The molecule has 0 atom stereocenters. The smallest absolute Gasteiger partial charge is 0.344 e. The van der Waals surface area contributed by atoms with Gasteiger partial charge in [0.2, 0.25) is 0 Å². The van der Waals surface area contributed by atoms with E-state index in [4.69, 9.17) is 9.47 Å². The summed E-state index contributed by atoms with van der Waals surface area (Å²) in [5.74, 6) is 0.565. The van der Waals surface area contributed by atoms with E-state index >= 15 is 0 Å². The SMILES string of the molecule is COc1ccc(/C=C2\OC(=O)c3ccccc32)cc1O. The third-order valence-corrected chi connectivity index (χ3v) is 3.12. The molecule has 1 aliphatic rings. The van der Waals surface area contributed by atoms with Crippen molar-refractivity contribution in [3.8, 4) is 11.5 Å². The number of hydrogen-bond donors (Lipinski definition) is 1. The molecule has 0 bridgehead atoms. The summed E-state index contributed by atoms with van der Waals surface area (Å²) in [6.45, 7) is 0. The molecular weight excluding hydrogens is 256 g/mol. The number of carbonyl (C=O) groups is 1. The summed E-state index contributed by atoms with van der Waals surface area (Å²) in [5, 5.41) is 9.75. The normalized spacial score (nSPS) is 15.1. The number of carbonyl (C=O) groups excluding carboxylic acids is 1. The first-order valence-electron chi connectivity index (χ1n) is 6.09. The van der Waals surface area contributed by atoms with Gasteiger partial charge in [0, 0.05) is 5.56 Å². The molecule has 0 aromatic heterocycles. The number of rotatable bonds is 2. The van der Waals surface area contributed by atoms with Crippen molar-refractivity contribution in [2.24, 2.45) is 0 Å². The average molecular weight is 268 g/mol. The zero-order valence-corrected chi connectivity index (χ0v) is 10.8. The minimum atomic E-state index is -0.357. The van der Waals surface area contributed by atoms with Crippen LogP contribution in [0.5, 0.6) is 11.5 Å². The largest absolute Gasteiger partial charge is 0.504 e. The number of ether oxygens (including phenoxy) is 2. The fourth-order valence-electron chi connectivity index (χ4n) is 2.14. The first-order valence-corrected chi connectivity index (χ1v) is 6.09. The van der Waals surface area contributed by atoms with Crippen LogP contribution in [-0.4, -0.2) is 18.2 Å². The van der Waals surface area contributed by atoms with Crippen molar-refractivity contribution in [2.75, 3.05) is 7.11 Å². The predicted molar refractivity (Wildman–Crippen MR) is 74.4 cm³/mol. The summed E-state index contributed by atoms with van der Waals surface area (Å²) in [6.07, 6.45) is 1.71. The molecule has 1 heterocycles. The zero-order chi connectivity index (χ0) is 14.1. The summed E-state index contributed by atoms with van der Waals surface area (Å²) < 4.78 is 10.2. The van der Waals surface area contributed by atoms with Crippen molar-refractivity contribution < 1.29 is 19.4 Å². The van der Waals surface area contributed by atoms with Crippen LogP contribution in [0.15, 0.2) is 42.5 Å². The van der Waals surface area contributed by atoms with Crippen LogP contribution in [0.4, 0.5) is 0 Å². The molecule has 1 N–H and O–H groups in total. The number of methoxy groups -OCH3 is 1. The Morgan fingerprint density at radius 1 is 1.15 bits per heavy atom. The van der Waals surface area contributed by atoms with Gasteiger partial charge in [0.05, 0.1) is 12.7 Å². The second kappa shape index (κ2) is 4.74. The molecule has 0 amide bonds. The minimum Gasteiger partial charge on any atom is -0.504 e. The molecule has 0 saturated heterocycles. The lowest BCUT2D eigenvalue weighted by molar-refractivity contribution is 0.0717. The Labute approximate surface area is 115 Å². The molecule has 0 unspecified atom stereocenters. The van der Waals surface area contributed by atoms with E-state index < -0.39 is 0 Å². The van der Waals surface area contributed by atoms with Crippen LogP contribution in [0, 0.1) is 0 Å². The highest BCUT2D eigenvalue weighted by molar-refractivity contribution is 6.05. The van der Waals surface area contributed by atoms with Crippen LogP contribution in [-0.2, 0) is 4.74 Å². The van der Waals surface area contributed by atoms with Gasteiger partial charge >= 0.3 is 5.97 Å². The summed E-state index contributed by atoms with van der Waals surface area (Å²) in [6, 6.07) is 12.2. The van der Waals surface area contributed by atoms with E-state index in [9.17, 15) is 9.90 Å². The van der Waals surface area contributed by atoms with E-state index in [1.807, 2.05) is 12.1 Å². The molecule has 2 aromatic carbocycles. The second-order valence-corrected chi connectivity index (χ2v) is 4.37. The predicted octanol–water partition coefficient (Wildman–Crippen LogP) is 3.07. The zero-order valence-electron chi connectivity index (χ0n) is 10.8. The van der Waals surface area contributed by atoms with Gasteiger partial charge in [0.1, 0.15) is 5.76 Å². The van der Waals surface area contributed by atoms with Crippen LogP contribution in [0.25, 0.3) is 11.8 Å². The van der Waals surface area contributed by atoms with Crippen LogP contribution >= 0.6 is 0 Å². The van der Waals surface area contributed by atoms with Crippen molar-refractivity contribution in [2.45, 2.75) is 0 Å². The number of phenolic OH excluding ortho intramolecular Hbond substituents is 1. The highest BCUT2D eigenvalue weighted by Crippen LogP contribution is 2.33. The Morgan fingerprint density at radius 2 is 1.90 bits per heavy atom. The topological polar surface area (TPSA) is 55.8 Å². The molecule has 0 aliphatic carbocycles. The second-order valence-electron chi connectivity index (χ2n) is 4.37. The van der Waals surface area contributed by atoms with Gasteiger partial charge < -0.3 is 14.6 Å². The number of phenols is 1.